The number of aromatic nitrogens is 3. The molecule has 1 fully saturated rings. The molecule has 1 aliphatic rings. The zero-order chi connectivity index (χ0) is 35.1. The first kappa shape index (κ1) is 35.2. The molecule has 0 aliphatic carbocycles. The summed E-state index contributed by atoms with van der Waals surface area (Å²) < 4.78 is 52.8. The first-order valence-electron chi connectivity index (χ1n) is 14.6. The van der Waals surface area contributed by atoms with Crippen molar-refractivity contribution in [2.45, 2.75) is 32.3 Å². The van der Waals surface area contributed by atoms with E-state index in [9.17, 15) is 22.8 Å². The summed E-state index contributed by atoms with van der Waals surface area (Å²) in [6, 6.07) is 18.1. The van der Waals surface area contributed by atoms with Gasteiger partial charge >= 0.3 is 12.5 Å². The molecule has 0 saturated carbocycles. The predicted octanol–water partition coefficient (Wildman–Crippen LogP) is 5.78. The number of anilines is 1. The summed E-state index contributed by atoms with van der Waals surface area (Å²) in [7, 11) is 2.83. The van der Waals surface area contributed by atoms with Crippen molar-refractivity contribution in [1.29, 1.82) is 0 Å². The molecule has 3 aromatic carbocycles. The van der Waals surface area contributed by atoms with Gasteiger partial charge in [0.2, 0.25) is 5.91 Å². The van der Waals surface area contributed by atoms with Crippen LogP contribution < -0.4 is 25.0 Å². The number of aryl methyl sites for hydroxylation is 2. The highest BCUT2D eigenvalue weighted by Gasteiger charge is 2.32. The summed E-state index contributed by atoms with van der Waals surface area (Å²) in [6.45, 7) is 1.87. The minimum atomic E-state index is -4.78. The summed E-state index contributed by atoms with van der Waals surface area (Å²) in [5.74, 6) is 0.817. The average molecular weight is 714 g/mol. The largest absolute Gasteiger partial charge is 0.573 e. The Morgan fingerprint density at radius 2 is 1.78 bits per heavy atom. The number of nitrogens with zero attached hydrogens (tertiary/aromatic N) is 5. The van der Waals surface area contributed by atoms with E-state index in [-0.39, 0.29) is 22.5 Å². The van der Waals surface area contributed by atoms with Crippen LogP contribution in [0.1, 0.15) is 17.5 Å². The summed E-state index contributed by atoms with van der Waals surface area (Å²) >= 11 is 6.77. The van der Waals surface area contributed by atoms with Crippen molar-refractivity contribution in [2.75, 3.05) is 24.9 Å². The van der Waals surface area contributed by atoms with Crippen molar-refractivity contribution in [2.24, 2.45) is 4.99 Å². The van der Waals surface area contributed by atoms with Crippen molar-refractivity contribution in [1.82, 2.24) is 25.4 Å². The number of thioether (sulfide) groups is 1. The SMILES string of the molecule is COC(=O)NC(CCc1ccc(-c2ncn(-c3ccc(OC(F)(F)F)cc3)n2)cc1)NC(=S)/N=C1\SCC(=O)N1c1ccc(OC)cc1C. The van der Waals surface area contributed by atoms with Gasteiger partial charge in [-0.15, -0.1) is 18.3 Å². The Morgan fingerprint density at radius 3 is 2.43 bits per heavy atom. The van der Waals surface area contributed by atoms with Crippen LogP contribution in [0.3, 0.4) is 0 Å². The van der Waals surface area contributed by atoms with E-state index in [1.807, 2.05) is 37.3 Å². The third-order valence-electron chi connectivity index (χ3n) is 7.14. The molecule has 1 atom stereocenters. The van der Waals surface area contributed by atoms with Gasteiger partial charge in [0.15, 0.2) is 16.1 Å². The van der Waals surface area contributed by atoms with Crippen LogP contribution in [0.5, 0.6) is 11.5 Å². The number of ether oxygens (including phenoxy) is 3. The number of halogens is 3. The van der Waals surface area contributed by atoms with Crippen LogP contribution in [0.25, 0.3) is 17.1 Å². The number of amidine groups is 1. The molecule has 4 aromatic rings. The normalized spacial score (nSPS) is 14.4. The van der Waals surface area contributed by atoms with Crippen molar-refractivity contribution in [3.63, 3.8) is 0 Å². The Kier molecular flexibility index (Phi) is 11.0. The van der Waals surface area contributed by atoms with Gasteiger partial charge in [0.05, 0.1) is 31.3 Å². The van der Waals surface area contributed by atoms with E-state index in [1.54, 1.807) is 19.2 Å². The lowest BCUT2D eigenvalue weighted by atomic mass is 10.1. The molecule has 1 unspecified atom stereocenters. The van der Waals surface area contributed by atoms with E-state index in [4.69, 9.17) is 21.7 Å². The first-order valence-corrected chi connectivity index (χ1v) is 16.0. The Balaban J connectivity index is 1.22. The fourth-order valence-corrected chi connectivity index (χ4v) is 5.94. The fourth-order valence-electron chi connectivity index (χ4n) is 4.79. The van der Waals surface area contributed by atoms with Gasteiger partial charge in [-0.1, -0.05) is 36.0 Å². The third-order valence-corrected chi connectivity index (χ3v) is 8.28. The number of alkyl carbamates (subject to hydrolysis) is 1. The number of nitrogens with one attached hydrogen (secondary N) is 2. The highest BCUT2D eigenvalue weighted by atomic mass is 32.2. The second-order valence-electron chi connectivity index (χ2n) is 10.5. The maximum atomic E-state index is 12.8. The molecule has 0 radical (unpaired) electrons. The molecule has 256 valence electrons. The Labute approximate surface area is 288 Å². The van der Waals surface area contributed by atoms with E-state index in [0.717, 1.165) is 16.7 Å². The molecule has 1 aliphatic heterocycles. The van der Waals surface area contributed by atoms with Gasteiger partial charge in [-0.05, 0) is 85.6 Å². The second kappa shape index (κ2) is 15.4. The summed E-state index contributed by atoms with van der Waals surface area (Å²) in [5, 5.41) is 10.7. The van der Waals surface area contributed by atoms with Crippen LogP contribution in [-0.4, -0.2) is 69.5 Å². The number of methoxy groups -OCH3 is 2. The number of hydrogen-bond acceptors (Lipinski definition) is 9. The van der Waals surface area contributed by atoms with Crippen LogP contribution in [0.2, 0.25) is 0 Å². The standard InChI is InChI=1S/C32H30F3N7O5S2/c1-19-16-24(45-2)13-14-25(19)42-27(43)17-49-30(42)39-29(48)37-26(38-31(44)46-3)15-6-20-4-7-21(8-5-20)28-36-18-41(40-28)22-9-11-23(12-10-22)47-32(33,34)35/h4-5,7-14,16,18,26H,6,15,17H2,1-3H3,(H,37,48)(H,38,44)/b39-30-. The van der Waals surface area contributed by atoms with Crippen LogP contribution in [-0.2, 0) is 16.0 Å². The van der Waals surface area contributed by atoms with E-state index >= 15 is 0 Å². The number of benzene rings is 3. The zero-order valence-corrected chi connectivity index (χ0v) is 28.0. The van der Waals surface area contributed by atoms with E-state index < -0.39 is 18.6 Å². The van der Waals surface area contributed by atoms with Crippen LogP contribution in [0.15, 0.2) is 78.0 Å². The van der Waals surface area contributed by atoms with Crippen molar-refractivity contribution >= 4 is 51.9 Å². The molecule has 17 heteroatoms. The third kappa shape index (κ3) is 9.26. The highest BCUT2D eigenvalue weighted by molar-refractivity contribution is 8.15. The average Bonchev–Trinajstić information content (AvgIpc) is 3.70. The Bertz CT molecular complexity index is 1850. The van der Waals surface area contributed by atoms with Crippen molar-refractivity contribution in [3.8, 4) is 28.6 Å². The molecule has 2 amide bonds. The number of aliphatic imine (C=N–C) groups is 1. The number of hydrogen-bond donors (Lipinski definition) is 2. The lowest BCUT2D eigenvalue weighted by molar-refractivity contribution is -0.274. The van der Waals surface area contributed by atoms with Crippen LogP contribution >= 0.6 is 24.0 Å². The predicted molar refractivity (Wildman–Crippen MR) is 182 cm³/mol. The summed E-state index contributed by atoms with van der Waals surface area (Å²) in [5.41, 5.74) is 3.67. The summed E-state index contributed by atoms with van der Waals surface area (Å²) in [6.07, 6.45) is -3.68. The number of carbonyl (C=O) groups excluding carboxylic acids is 2. The van der Waals surface area contributed by atoms with E-state index in [0.29, 0.717) is 41.0 Å². The lowest BCUT2D eigenvalue weighted by Crippen LogP contribution is -2.47. The van der Waals surface area contributed by atoms with Crippen molar-refractivity contribution in [3.05, 3.63) is 84.2 Å². The second-order valence-corrected chi connectivity index (χ2v) is 11.8. The van der Waals surface area contributed by atoms with Gasteiger partial charge in [-0.2, -0.15) is 4.99 Å². The molecule has 1 saturated heterocycles. The quantitative estimate of drug-likeness (QED) is 0.154. The van der Waals surface area contributed by atoms with Gasteiger partial charge in [0.25, 0.3) is 0 Å². The van der Waals surface area contributed by atoms with Gasteiger partial charge in [0, 0.05) is 5.56 Å². The number of thiocarbonyl (C=S) groups is 1. The first-order chi connectivity index (χ1) is 23.4. The number of carbonyl (C=O) groups is 2. The van der Waals surface area contributed by atoms with Crippen LogP contribution in [0, 0.1) is 6.92 Å². The zero-order valence-electron chi connectivity index (χ0n) is 26.4. The molecule has 2 heterocycles. The Hall–Kier alpha value is -5.16. The molecule has 0 spiro atoms. The maximum absolute atomic E-state index is 12.8. The molecule has 5 rings (SSSR count). The van der Waals surface area contributed by atoms with Crippen molar-refractivity contribution < 1.29 is 37.0 Å². The minimum absolute atomic E-state index is 0.0781. The topological polar surface area (TPSA) is 132 Å². The van der Waals surface area contributed by atoms with Gasteiger partial charge in [-0.25, -0.2) is 14.5 Å². The highest BCUT2D eigenvalue weighted by Crippen LogP contribution is 2.31. The number of rotatable bonds is 10. The molecule has 1 aromatic heterocycles. The minimum Gasteiger partial charge on any atom is -0.497 e. The molecular weight excluding hydrogens is 684 g/mol. The smallest absolute Gasteiger partial charge is 0.497 e. The molecular formula is C32H30F3N7O5S2. The van der Waals surface area contributed by atoms with E-state index in [1.165, 1.54) is 59.0 Å². The van der Waals surface area contributed by atoms with Crippen LogP contribution in [0.4, 0.5) is 23.7 Å². The molecule has 12 nitrogen and oxygen atoms in total. The van der Waals surface area contributed by atoms with Gasteiger partial charge in [-0.3, -0.25) is 9.69 Å². The maximum Gasteiger partial charge on any atom is 0.573 e. The number of amides is 2. The van der Waals surface area contributed by atoms with Gasteiger partial charge in [0.1, 0.15) is 24.0 Å². The fraction of sp³-hybridized carbons (Fsp3) is 0.250. The van der Waals surface area contributed by atoms with E-state index in [2.05, 4.69) is 30.4 Å². The number of alkyl halides is 3. The molecule has 2 N–H and O–H groups in total. The van der Waals surface area contributed by atoms with Gasteiger partial charge < -0.3 is 24.8 Å². The lowest BCUT2D eigenvalue weighted by Gasteiger charge is -2.21. The molecule has 49 heavy (non-hydrogen) atoms. The summed E-state index contributed by atoms with van der Waals surface area (Å²) in [4.78, 5) is 35.2. The molecule has 0 bridgehead atoms. The monoisotopic (exact) mass is 713 g/mol. The Morgan fingerprint density at radius 1 is 1.06 bits per heavy atom.